The average Bonchev–Trinajstić information content (AvgIpc) is 2.96. The number of H-pyrrole nitrogens is 1. The lowest BCUT2D eigenvalue weighted by Gasteiger charge is -2.17. The van der Waals surface area contributed by atoms with Crippen LogP contribution in [0.5, 0.6) is 0 Å². The van der Waals surface area contributed by atoms with Crippen molar-refractivity contribution < 1.29 is 4.79 Å². The molecule has 0 unspecified atom stereocenters. The van der Waals surface area contributed by atoms with Crippen LogP contribution in [0.1, 0.15) is 42.2 Å². The molecule has 3 aromatic heterocycles. The lowest BCUT2D eigenvalue weighted by atomic mass is 10.1. The van der Waals surface area contributed by atoms with Gasteiger partial charge < -0.3 is 5.32 Å². The molecule has 2 N–H and O–H groups in total. The van der Waals surface area contributed by atoms with Crippen molar-refractivity contribution in [2.75, 3.05) is 0 Å². The van der Waals surface area contributed by atoms with Crippen LogP contribution in [0.4, 0.5) is 0 Å². The summed E-state index contributed by atoms with van der Waals surface area (Å²) in [5, 5.41) is 5.79. The average molecular weight is 340 g/mol. The highest BCUT2D eigenvalue weighted by Crippen LogP contribution is 2.17. The Morgan fingerprint density at radius 1 is 1.36 bits per heavy atom. The third-order valence-electron chi connectivity index (χ3n) is 3.96. The second kappa shape index (κ2) is 6.84. The Bertz CT molecular complexity index is 975. The van der Waals surface area contributed by atoms with E-state index >= 15 is 0 Å². The largest absolute Gasteiger partial charge is 0.347 e. The molecule has 0 aliphatic heterocycles. The summed E-state index contributed by atoms with van der Waals surface area (Å²) in [5.41, 5.74) is 2.22. The molecule has 0 saturated heterocycles. The molecule has 1 atom stereocenters. The Morgan fingerprint density at radius 3 is 2.88 bits per heavy atom. The highest BCUT2D eigenvalue weighted by Gasteiger charge is 2.17. The normalized spacial score (nSPS) is 12.3. The Hall–Kier alpha value is -3.03. The second-order valence-electron chi connectivity index (χ2n) is 5.95. The van der Waals surface area contributed by atoms with Crippen molar-refractivity contribution in [1.29, 1.82) is 0 Å². The van der Waals surface area contributed by atoms with E-state index in [9.17, 15) is 9.59 Å². The third-order valence-corrected chi connectivity index (χ3v) is 3.96. The van der Waals surface area contributed by atoms with Crippen LogP contribution in [0.3, 0.4) is 0 Å². The van der Waals surface area contributed by atoms with Crippen molar-refractivity contribution in [3.63, 3.8) is 0 Å². The van der Waals surface area contributed by atoms with Gasteiger partial charge >= 0.3 is 0 Å². The van der Waals surface area contributed by atoms with E-state index in [1.807, 2.05) is 26.0 Å². The second-order valence-corrected chi connectivity index (χ2v) is 5.95. The van der Waals surface area contributed by atoms with Crippen molar-refractivity contribution in [2.45, 2.75) is 39.7 Å². The van der Waals surface area contributed by atoms with Gasteiger partial charge in [0.1, 0.15) is 5.82 Å². The Balaban J connectivity index is 1.77. The number of hydrogen-bond acceptors (Lipinski definition) is 5. The van der Waals surface area contributed by atoms with Crippen LogP contribution in [0, 0.1) is 13.8 Å². The van der Waals surface area contributed by atoms with Gasteiger partial charge in [-0.3, -0.25) is 19.7 Å². The molecule has 0 aliphatic carbocycles. The number of carbonyl (C=O) groups excluding carboxylic acids is 1. The minimum absolute atomic E-state index is 0.0320. The molecule has 0 spiro atoms. The molecular formula is C17H20N6O2. The molecule has 3 aromatic rings. The number of rotatable bonds is 5. The van der Waals surface area contributed by atoms with Crippen molar-refractivity contribution in [3.05, 3.63) is 57.5 Å². The first-order chi connectivity index (χ1) is 12.0. The fraction of sp³-hybridized carbons (Fsp3) is 0.353. The number of aryl methyl sites for hydroxylation is 2. The van der Waals surface area contributed by atoms with Gasteiger partial charge in [0.15, 0.2) is 0 Å². The quantitative estimate of drug-likeness (QED) is 0.727. The molecular weight excluding hydrogens is 320 g/mol. The van der Waals surface area contributed by atoms with E-state index in [0.717, 1.165) is 17.7 Å². The summed E-state index contributed by atoms with van der Waals surface area (Å²) in [7, 11) is 0. The van der Waals surface area contributed by atoms with Crippen LogP contribution < -0.4 is 10.9 Å². The molecule has 0 aromatic carbocycles. The van der Waals surface area contributed by atoms with E-state index in [0.29, 0.717) is 11.5 Å². The topological polar surface area (TPSA) is 105 Å². The maximum atomic E-state index is 12.4. The van der Waals surface area contributed by atoms with Crippen LogP contribution in [0.2, 0.25) is 0 Å². The Morgan fingerprint density at radius 2 is 2.16 bits per heavy atom. The van der Waals surface area contributed by atoms with Gasteiger partial charge in [-0.2, -0.15) is 9.50 Å². The lowest BCUT2D eigenvalue weighted by molar-refractivity contribution is -0.121. The number of hydrogen-bond donors (Lipinski definition) is 2. The van der Waals surface area contributed by atoms with Crippen LogP contribution >= 0.6 is 0 Å². The van der Waals surface area contributed by atoms with Crippen LogP contribution in [0.25, 0.3) is 5.78 Å². The molecule has 0 bridgehead atoms. The van der Waals surface area contributed by atoms with Crippen LogP contribution in [-0.4, -0.2) is 30.5 Å². The summed E-state index contributed by atoms with van der Waals surface area (Å²) in [5.74, 6) is 0.460. The number of nitrogens with zero attached hydrogens (tertiary/aromatic N) is 4. The smallest absolute Gasteiger partial charge is 0.274 e. The standard InChI is InChI=1S/C17H20N6O2/c1-4-12(16-10(2)6-5-7-18-16)20-14(24)9-13-21-17-19-11(3)8-15(25)23(17)22-13/h5-8,12H,4,9H2,1-3H3,(H,20,24)(H,19,21,22)/t12-/m0/s1. The minimum atomic E-state index is -0.253. The number of fused-ring (bicyclic) bond motifs is 1. The van der Waals surface area contributed by atoms with Crippen molar-refractivity contribution in [2.24, 2.45) is 0 Å². The van der Waals surface area contributed by atoms with Gasteiger partial charge in [-0.15, -0.1) is 0 Å². The maximum Gasteiger partial charge on any atom is 0.274 e. The molecule has 8 heteroatoms. The fourth-order valence-corrected chi connectivity index (χ4v) is 2.74. The maximum absolute atomic E-state index is 12.4. The molecule has 130 valence electrons. The van der Waals surface area contributed by atoms with Gasteiger partial charge in [0.25, 0.3) is 11.3 Å². The fourth-order valence-electron chi connectivity index (χ4n) is 2.74. The van der Waals surface area contributed by atoms with E-state index in [4.69, 9.17) is 0 Å². The molecule has 8 nitrogen and oxygen atoms in total. The Kier molecular flexibility index (Phi) is 4.60. The molecule has 25 heavy (non-hydrogen) atoms. The summed E-state index contributed by atoms with van der Waals surface area (Å²) >= 11 is 0. The van der Waals surface area contributed by atoms with Crippen LogP contribution in [0.15, 0.2) is 29.2 Å². The van der Waals surface area contributed by atoms with Gasteiger partial charge in [-0.25, -0.2) is 4.98 Å². The summed E-state index contributed by atoms with van der Waals surface area (Å²) in [6.07, 6.45) is 2.48. The molecule has 3 rings (SSSR count). The number of carbonyl (C=O) groups is 1. The zero-order valence-electron chi connectivity index (χ0n) is 14.4. The highest BCUT2D eigenvalue weighted by molar-refractivity contribution is 5.78. The number of amides is 1. The number of pyridine rings is 1. The molecule has 0 radical (unpaired) electrons. The number of aromatic amines is 1. The first-order valence-electron chi connectivity index (χ1n) is 8.14. The monoisotopic (exact) mass is 340 g/mol. The van der Waals surface area contributed by atoms with E-state index < -0.39 is 0 Å². The first kappa shape index (κ1) is 16.8. The lowest BCUT2D eigenvalue weighted by Crippen LogP contribution is -2.30. The van der Waals surface area contributed by atoms with E-state index in [-0.39, 0.29) is 29.7 Å². The van der Waals surface area contributed by atoms with E-state index in [1.165, 1.54) is 10.6 Å². The zero-order valence-corrected chi connectivity index (χ0v) is 14.4. The molecule has 0 fully saturated rings. The third kappa shape index (κ3) is 3.57. The molecule has 3 heterocycles. The number of aromatic nitrogens is 5. The summed E-state index contributed by atoms with van der Waals surface area (Å²) in [6, 6.07) is 5.08. The van der Waals surface area contributed by atoms with Gasteiger partial charge in [-0.05, 0) is 31.9 Å². The van der Waals surface area contributed by atoms with E-state index in [2.05, 4.69) is 25.4 Å². The van der Waals surface area contributed by atoms with Crippen molar-refractivity contribution >= 4 is 11.7 Å². The predicted octanol–water partition coefficient (Wildman–Crippen LogP) is 1.24. The van der Waals surface area contributed by atoms with Gasteiger partial charge in [0, 0.05) is 18.0 Å². The Labute approximate surface area is 144 Å². The van der Waals surface area contributed by atoms with Gasteiger partial charge in [0.05, 0.1) is 18.2 Å². The summed E-state index contributed by atoms with van der Waals surface area (Å²) in [4.78, 5) is 37.0. The van der Waals surface area contributed by atoms with Crippen molar-refractivity contribution in [3.8, 4) is 0 Å². The van der Waals surface area contributed by atoms with Gasteiger partial charge in [-0.1, -0.05) is 13.0 Å². The SMILES string of the molecule is CC[C@H](NC(=O)Cc1nc2nc(C)cc(=O)n2[nH]1)c1ncccc1C. The zero-order chi connectivity index (χ0) is 18.0. The predicted molar refractivity (Wildman–Crippen MR) is 92.2 cm³/mol. The van der Waals surface area contributed by atoms with Crippen LogP contribution in [-0.2, 0) is 11.2 Å². The first-order valence-corrected chi connectivity index (χ1v) is 8.14. The number of nitrogens with one attached hydrogen (secondary N) is 2. The molecule has 0 saturated carbocycles. The summed E-state index contributed by atoms with van der Waals surface area (Å²) < 4.78 is 1.23. The van der Waals surface area contributed by atoms with Gasteiger partial charge in [0.2, 0.25) is 5.91 Å². The highest BCUT2D eigenvalue weighted by atomic mass is 16.2. The van der Waals surface area contributed by atoms with E-state index in [1.54, 1.807) is 13.1 Å². The molecule has 1 amide bonds. The molecule has 0 aliphatic rings. The summed E-state index contributed by atoms with van der Waals surface area (Å²) in [6.45, 7) is 5.69. The minimum Gasteiger partial charge on any atom is -0.347 e. The van der Waals surface area contributed by atoms with Crippen molar-refractivity contribution in [1.82, 2.24) is 29.9 Å².